The zero-order chi connectivity index (χ0) is 22.0. The lowest BCUT2D eigenvalue weighted by molar-refractivity contribution is 0.0152. The van der Waals surface area contributed by atoms with E-state index in [1.807, 2.05) is 12.1 Å². The molecule has 2 aromatic heterocycles. The highest BCUT2D eigenvalue weighted by molar-refractivity contribution is 9.10. The van der Waals surface area contributed by atoms with Crippen molar-refractivity contribution in [3.8, 4) is 34.4 Å². The van der Waals surface area contributed by atoms with Gasteiger partial charge in [-0.3, -0.25) is 9.89 Å². The van der Waals surface area contributed by atoms with E-state index in [-0.39, 0.29) is 12.0 Å². The monoisotopic (exact) mass is 488 g/mol. The largest absolute Gasteiger partial charge is 0.493 e. The maximum atomic E-state index is 12.8. The topological polar surface area (TPSA) is 98.8 Å². The first kappa shape index (κ1) is 21.0. The van der Waals surface area contributed by atoms with Gasteiger partial charge in [0.2, 0.25) is 11.6 Å². The highest BCUT2D eigenvalue weighted by Crippen LogP contribution is 2.41. The van der Waals surface area contributed by atoms with Gasteiger partial charge >= 0.3 is 0 Å². The minimum absolute atomic E-state index is 0.104. The number of methoxy groups -OCH3 is 3. The Bertz CT molecular complexity index is 1070. The van der Waals surface area contributed by atoms with Crippen molar-refractivity contribution in [2.24, 2.45) is 0 Å². The Morgan fingerprint density at radius 1 is 1.13 bits per heavy atom. The lowest BCUT2D eigenvalue weighted by atomic mass is 10.1. The third-order valence-electron chi connectivity index (χ3n) is 4.91. The molecule has 0 saturated carbocycles. The van der Waals surface area contributed by atoms with Crippen LogP contribution in [0, 0.1) is 0 Å². The average molecular weight is 489 g/mol. The lowest BCUT2D eigenvalue weighted by Gasteiger charge is -2.38. The Hall–Kier alpha value is -3.27. The van der Waals surface area contributed by atoms with Gasteiger partial charge in [-0.05, 0) is 46.3 Å². The van der Waals surface area contributed by atoms with Gasteiger partial charge in [-0.2, -0.15) is 5.10 Å². The molecule has 1 fully saturated rings. The first-order valence-corrected chi connectivity index (χ1v) is 10.3. The number of likely N-dealkylation sites (tertiary alicyclic amines) is 1. The Labute approximate surface area is 187 Å². The Morgan fingerprint density at radius 3 is 2.45 bits per heavy atom. The summed E-state index contributed by atoms with van der Waals surface area (Å²) in [6.45, 7) is 0.945. The minimum Gasteiger partial charge on any atom is -0.493 e. The molecule has 1 aliphatic rings. The quantitative estimate of drug-likeness (QED) is 0.545. The summed E-state index contributed by atoms with van der Waals surface area (Å²) in [4.78, 5) is 18.7. The molecule has 9 nitrogen and oxygen atoms in total. The predicted molar refractivity (Wildman–Crippen MR) is 116 cm³/mol. The van der Waals surface area contributed by atoms with Gasteiger partial charge in [-0.1, -0.05) is 0 Å². The van der Waals surface area contributed by atoms with Crippen molar-refractivity contribution in [3.63, 3.8) is 0 Å². The van der Waals surface area contributed by atoms with E-state index in [4.69, 9.17) is 18.9 Å². The summed E-state index contributed by atoms with van der Waals surface area (Å²) >= 11 is 3.41. The van der Waals surface area contributed by atoms with E-state index < -0.39 is 0 Å². The number of halogens is 1. The number of rotatable bonds is 7. The summed E-state index contributed by atoms with van der Waals surface area (Å²) in [5.41, 5.74) is 1.71. The molecule has 3 heterocycles. The molecule has 1 aromatic carbocycles. The first-order chi connectivity index (χ1) is 15.0. The van der Waals surface area contributed by atoms with E-state index >= 15 is 0 Å². The molecule has 1 amide bonds. The average Bonchev–Trinajstić information content (AvgIpc) is 3.26. The van der Waals surface area contributed by atoms with Crippen molar-refractivity contribution < 1.29 is 23.7 Å². The van der Waals surface area contributed by atoms with Gasteiger partial charge in [0.25, 0.3) is 5.91 Å². The normalized spacial score (nSPS) is 13.5. The van der Waals surface area contributed by atoms with Gasteiger partial charge in [-0.25, -0.2) is 4.98 Å². The second kappa shape index (κ2) is 8.84. The van der Waals surface area contributed by atoms with Crippen LogP contribution in [0.5, 0.6) is 23.1 Å². The molecule has 10 heteroatoms. The van der Waals surface area contributed by atoms with Crippen LogP contribution in [0.25, 0.3) is 11.3 Å². The Morgan fingerprint density at radius 2 is 1.84 bits per heavy atom. The Balaban J connectivity index is 1.45. The van der Waals surface area contributed by atoms with Crippen LogP contribution in [0.4, 0.5) is 0 Å². The van der Waals surface area contributed by atoms with Crippen molar-refractivity contribution in [1.29, 1.82) is 0 Å². The Kier molecular flexibility index (Phi) is 5.99. The molecule has 162 valence electrons. The van der Waals surface area contributed by atoms with Gasteiger partial charge < -0.3 is 23.8 Å². The fourth-order valence-electron chi connectivity index (χ4n) is 3.27. The number of carbonyl (C=O) groups is 1. The van der Waals surface area contributed by atoms with Crippen molar-refractivity contribution in [3.05, 3.63) is 46.7 Å². The number of carbonyl (C=O) groups excluding carboxylic acids is 1. The van der Waals surface area contributed by atoms with Gasteiger partial charge in [0.05, 0.1) is 44.6 Å². The molecule has 1 N–H and O–H groups in total. The molecule has 1 saturated heterocycles. The highest BCUT2D eigenvalue weighted by Gasteiger charge is 2.34. The zero-order valence-corrected chi connectivity index (χ0v) is 18.8. The number of benzene rings is 1. The van der Waals surface area contributed by atoms with Crippen LogP contribution in [-0.4, -0.2) is 66.5 Å². The fraction of sp³-hybridized carbons (Fsp3) is 0.286. The third-order valence-corrected chi connectivity index (χ3v) is 5.51. The summed E-state index contributed by atoms with van der Waals surface area (Å²) in [6, 6.07) is 8.94. The molecule has 0 bridgehead atoms. The number of hydrogen-bond donors (Lipinski definition) is 1. The smallest absolute Gasteiger partial charge is 0.272 e. The SMILES string of the molecule is COc1cc(-c2cc(C(=O)N3CC(Oc4ncccc4Br)C3)[nH]n2)cc(OC)c1OC. The van der Waals surface area contributed by atoms with Gasteiger partial charge in [-0.15, -0.1) is 0 Å². The summed E-state index contributed by atoms with van der Waals surface area (Å²) in [5.74, 6) is 1.89. The lowest BCUT2D eigenvalue weighted by Crippen LogP contribution is -2.56. The summed E-state index contributed by atoms with van der Waals surface area (Å²) in [5, 5.41) is 7.10. The van der Waals surface area contributed by atoms with Crippen LogP contribution in [0.2, 0.25) is 0 Å². The number of nitrogens with zero attached hydrogens (tertiary/aromatic N) is 3. The van der Waals surface area contributed by atoms with E-state index in [1.165, 1.54) is 0 Å². The van der Waals surface area contributed by atoms with E-state index in [2.05, 4.69) is 31.1 Å². The van der Waals surface area contributed by atoms with E-state index in [9.17, 15) is 4.79 Å². The number of aromatic amines is 1. The van der Waals surface area contributed by atoms with Crippen LogP contribution in [0.3, 0.4) is 0 Å². The molecule has 0 atom stereocenters. The zero-order valence-electron chi connectivity index (χ0n) is 17.2. The molecule has 31 heavy (non-hydrogen) atoms. The second-order valence-electron chi connectivity index (χ2n) is 6.82. The van der Waals surface area contributed by atoms with Gasteiger partial charge in [0, 0.05) is 11.8 Å². The highest BCUT2D eigenvalue weighted by atomic mass is 79.9. The number of H-pyrrole nitrogens is 1. The number of ether oxygens (including phenoxy) is 4. The minimum atomic E-state index is -0.147. The number of amides is 1. The van der Waals surface area contributed by atoms with Crippen LogP contribution in [-0.2, 0) is 0 Å². The van der Waals surface area contributed by atoms with E-state index in [0.717, 1.165) is 10.0 Å². The van der Waals surface area contributed by atoms with Gasteiger partial charge in [0.15, 0.2) is 11.5 Å². The van der Waals surface area contributed by atoms with Crippen molar-refractivity contribution in [2.75, 3.05) is 34.4 Å². The maximum absolute atomic E-state index is 12.8. The van der Waals surface area contributed by atoms with Crippen LogP contribution in [0.15, 0.2) is 41.0 Å². The van der Waals surface area contributed by atoms with Crippen LogP contribution < -0.4 is 18.9 Å². The standard InChI is InChI=1S/C21H21BrN4O5/c1-28-17-7-12(8-18(29-2)19(17)30-3)15-9-16(25-24-15)21(27)26-10-13(11-26)31-20-14(22)5-4-6-23-20/h4-9,13H,10-11H2,1-3H3,(H,24,25). The van der Waals surface area contributed by atoms with Crippen molar-refractivity contribution in [1.82, 2.24) is 20.1 Å². The molecule has 0 unspecified atom stereocenters. The van der Waals surface area contributed by atoms with Crippen molar-refractivity contribution >= 4 is 21.8 Å². The summed E-state index contributed by atoms with van der Waals surface area (Å²) in [7, 11) is 4.64. The number of hydrogen-bond acceptors (Lipinski definition) is 7. The van der Waals surface area contributed by atoms with Crippen LogP contribution >= 0.6 is 15.9 Å². The third kappa shape index (κ3) is 4.15. The van der Waals surface area contributed by atoms with Crippen molar-refractivity contribution in [2.45, 2.75) is 6.10 Å². The maximum Gasteiger partial charge on any atom is 0.272 e. The second-order valence-corrected chi connectivity index (χ2v) is 7.68. The molecule has 4 rings (SSSR count). The van der Waals surface area contributed by atoms with E-state index in [1.54, 1.807) is 50.6 Å². The number of nitrogens with one attached hydrogen (secondary N) is 1. The molecule has 0 aliphatic carbocycles. The predicted octanol–water partition coefficient (Wildman–Crippen LogP) is 3.16. The molecular weight excluding hydrogens is 468 g/mol. The number of pyridine rings is 1. The van der Waals surface area contributed by atoms with Crippen LogP contribution in [0.1, 0.15) is 10.5 Å². The van der Waals surface area contributed by atoms with E-state index in [0.29, 0.717) is 47.6 Å². The van der Waals surface area contributed by atoms with Gasteiger partial charge in [0.1, 0.15) is 11.8 Å². The summed E-state index contributed by atoms with van der Waals surface area (Å²) in [6.07, 6.45) is 1.56. The summed E-state index contributed by atoms with van der Waals surface area (Å²) < 4.78 is 22.7. The first-order valence-electron chi connectivity index (χ1n) is 9.46. The molecular formula is C21H21BrN4O5. The molecule has 0 spiro atoms. The molecule has 0 radical (unpaired) electrons. The fourth-order valence-corrected chi connectivity index (χ4v) is 3.62. The molecule has 1 aliphatic heterocycles. The molecule has 3 aromatic rings. The number of aromatic nitrogens is 3.